The van der Waals surface area contributed by atoms with Gasteiger partial charge in [0.05, 0.1) is 0 Å². The first kappa shape index (κ1) is 15.9. The third-order valence-corrected chi connectivity index (χ3v) is 3.56. The molecule has 0 heterocycles. The fourth-order valence-electron chi connectivity index (χ4n) is 2.26. The van der Waals surface area contributed by atoms with E-state index < -0.39 is 0 Å². The van der Waals surface area contributed by atoms with Gasteiger partial charge in [-0.25, -0.2) is 0 Å². The molecule has 1 aliphatic carbocycles. The molecule has 0 bridgehead atoms. The third kappa shape index (κ3) is 8.90. The van der Waals surface area contributed by atoms with E-state index in [9.17, 15) is 0 Å². The zero-order valence-corrected chi connectivity index (χ0v) is 12.3. The first-order chi connectivity index (χ1) is 8.72. The van der Waals surface area contributed by atoms with Crippen molar-refractivity contribution in [1.82, 2.24) is 5.32 Å². The van der Waals surface area contributed by atoms with Gasteiger partial charge in [0.15, 0.2) is 0 Å². The van der Waals surface area contributed by atoms with Crippen LogP contribution in [0, 0.1) is 17.8 Å². The molecular weight excluding hydrogens is 224 g/mol. The van der Waals surface area contributed by atoms with Gasteiger partial charge in [-0.05, 0) is 69.5 Å². The number of ether oxygens (including phenoxy) is 1. The summed E-state index contributed by atoms with van der Waals surface area (Å²) in [7, 11) is 0. The highest BCUT2D eigenvalue weighted by atomic mass is 16.5. The molecule has 1 rings (SSSR count). The highest BCUT2D eigenvalue weighted by Gasteiger charge is 2.20. The molecule has 3 N–H and O–H groups in total. The standard InChI is InChI=1S/C15H32N2O/c1-13(2)10-15(11-16)6-8-17-7-3-9-18-12-14-4-5-14/h13-15,17H,3-12,16H2,1-2H3/t15-/m1/s1. The summed E-state index contributed by atoms with van der Waals surface area (Å²) < 4.78 is 5.60. The van der Waals surface area contributed by atoms with Crippen molar-refractivity contribution in [1.29, 1.82) is 0 Å². The predicted octanol–water partition coefficient (Wildman–Crippen LogP) is 2.40. The van der Waals surface area contributed by atoms with Crippen LogP contribution in [0.15, 0.2) is 0 Å². The van der Waals surface area contributed by atoms with Crippen LogP contribution in [-0.2, 0) is 4.74 Å². The van der Waals surface area contributed by atoms with Crippen LogP contribution >= 0.6 is 0 Å². The molecule has 0 radical (unpaired) electrons. The number of hydrogen-bond donors (Lipinski definition) is 2. The molecule has 0 spiro atoms. The van der Waals surface area contributed by atoms with E-state index in [4.69, 9.17) is 10.5 Å². The van der Waals surface area contributed by atoms with Crippen molar-refractivity contribution in [3.8, 4) is 0 Å². The van der Waals surface area contributed by atoms with Gasteiger partial charge < -0.3 is 15.8 Å². The zero-order valence-electron chi connectivity index (χ0n) is 12.3. The molecule has 108 valence electrons. The van der Waals surface area contributed by atoms with Gasteiger partial charge in [0, 0.05) is 13.2 Å². The number of nitrogens with two attached hydrogens (primary N) is 1. The number of hydrogen-bond acceptors (Lipinski definition) is 3. The van der Waals surface area contributed by atoms with Crippen LogP contribution in [0.2, 0.25) is 0 Å². The lowest BCUT2D eigenvalue weighted by molar-refractivity contribution is 0.122. The minimum atomic E-state index is 0.684. The van der Waals surface area contributed by atoms with E-state index >= 15 is 0 Å². The summed E-state index contributed by atoms with van der Waals surface area (Å²) in [6, 6.07) is 0. The van der Waals surface area contributed by atoms with Crippen molar-refractivity contribution in [2.45, 2.75) is 46.0 Å². The van der Waals surface area contributed by atoms with E-state index in [1.165, 1.54) is 25.7 Å². The van der Waals surface area contributed by atoms with Gasteiger partial charge in [-0.2, -0.15) is 0 Å². The first-order valence-corrected chi connectivity index (χ1v) is 7.71. The van der Waals surface area contributed by atoms with E-state index in [0.717, 1.165) is 51.1 Å². The molecule has 1 atom stereocenters. The van der Waals surface area contributed by atoms with Crippen LogP contribution in [0.3, 0.4) is 0 Å². The van der Waals surface area contributed by atoms with E-state index in [1.807, 2.05) is 0 Å². The Morgan fingerprint density at radius 3 is 2.67 bits per heavy atom. The maximum Gasteiger partial charge on any atom is 0.0494 e. The van der Waals surface area contributed by atoms with Crippen molar-refractivity contribution in [2.75, 3.05) is 32.8 Å². The lowest BCUT2D eigenvalue weighted by Gasteiger charge is -2.17. The fourth-order valence-corrected chi connectivity index (χ4v) is 2.26. The Labute approximate surface area is 113 Å². The maximum atomic E-state index is 5.79. The molecule has 0 unspecified atom stereocenters. The summed E-state index contributed by atoms with van der Waals surface area (Å²) >= 11 is 0. The summed E-state index contributed by atoms with van der Waals surface area (Å²) in [5, 5.41) is 3.49. The highest BCUT2D eigenvalue weighted by molar-refractivity contribution is 4.71. The van der Waals surface area contributed by atoms with E-state index in [-0.39, 0.29) is 0 Å². The molecule has 0 aromatic heterocycles. The van der Waals surface area contributed by atoms with Crippen LogP contribution in [0.4, 0.5) is 0 Å². The van der Waals surface area contributed by atoms with Crippen molar-refractivity contribution in [3.05, 3.63) is 0 Å². The first-order valence-electron chi connectivity index (χ1n) is 7.71. The Balaban J connectivity index is 1.81. The third-order valence-electron chi connectivity index (χ3n) is 3.56. The number of rotatable bonds is 12. The molecule has 0 aromatic carbocycles. The van der Waals surface area contributed by atoms with Gasteiger partial charge in [0.25, 0.3) is 0 Å². The van der Waals surface area contributed by atoms with Gasteiger partial charge in [0.1, 0.15) is 0 Å². The Morgan fingerprint density at radius 1 is 1.28 bits per heavy atom. The van der Waals surface area contributed by atoms with Gasteiger partial charge in [-0.3, -0.25) is 0 Å². The average Bonchev–Trinajstić information content (AvgIpc) is 3.14. The summed E-state index contributed by atoms with van der Waals surface area (Å²) in [5.41, 5.74) is 5.79. The lowest BCUT2D eigenvalue weighted by Crippen LogP contribution is -2.24. The fraction of sp³-hybridized carbons (Fsp3) is 1.00. The molecule has 1 fully saturated rings. The highest BCUT2D eigenvalue weighted by Crippen LogP contribution is 2.28. The largest absolute Gasteiger partial charge is 0.381 e. The van der Waals surface area contributed by atoms with Gasteiger partial charge in [-0.15, -0.1) is 0 Å². The quantitative estimate of drug-likeness (QED) is 0.527. The van der Waals surface area contributed by atoms with Crippen LogP contribution in [0.5, 0.6) is 0 Å². The van der Waals surface area contributed by atoms with Crippen LogP contribution < -0.4 is 11.1 Å². The Kier molecular flexibility index (Phi) is 8.64. The summed E-state index contributed by atoms with van der Waals surface area (Å²) in [4.78, 5) is 0. The molecule has 0 saturated heterocycles. The van der Waals surface area contributed by atoms with Crippen molar-refractivity contribution < 1.29 is 4.74 Å². The minimum Gasteiger partial charge on any atom is -0.381 e. The molecule has 3 heteroatoms. The SMILES string of the molecule is CC(C)C[C@H](CN)CCNCCCOCC1CC1. The van der Waals surface area contributed by atoms with Crippen LogP contribution in [0.25, 0.3) is 0 Å². The molecule has 1 aliphatic rings. The monoisotopic (exact) mass is 256 g/mol. The second kappa shape index (κ2) is 9.76. The van der Waals surface area contributed by atoms with Crippen molar-refractivity contribution >= 4 is 0 Å². The van der Waals surface area contributed by atoms with E-state index in [2.05, 4.69) is 19.2 Å². The molecule has 0 aromatic rings. The molecule has 0 aliphatic heterocycles. The van der Waals surface area contributed by atoms with Gasteiger partial charge in [-0.1, -0.05) is 13.8 Å². The van der Waals surface area contributed by atoms with E-state index in [1.54, 1.807) is 0 Å². The number of nitrogens with one attached hydrogen (secondary N) is 1. The van der Waals surface area contributed by atoms with Crippen LogP contribution in [0.1, 0.15) is 46.0 Å². The van der Waals surface area contributed by atoms with Crippen LogP contribution in [-0.4, -0.2) is 32.8 Å². The van der Waals surface area contributed by atoms with E-state index in [0.29, 0.717) is 5.92 Å². The summed E-state index contributed by atoms with van der Waals surface area (Å²) in [5.74, 6) is 2.33. The normalized spacial score (nSPS) is 17.3. The molecule has 3 nitrogen and oxygen atoms in total. The zero-order chi connectivity index (χ0) is 13.2. The maximum absolute atomic E-state index is 5.79. The second-order valence-electron chi connectivity index (χ2n) is 6.14. The molecular formula is C15H32N2O. The van der Waals surface area contributed by atoms with Crippen molar-refractivity contribution in [3.63, 3.8) is 0 Å². The Morgan fingerprint density at radius 2 is 2.06 bits per heavy atom. The second-order valence-corrected chi connectivity index (χ2v) is 6.14. The summed E-state index contributed by atoms with van der Waals surface area (Å²) in [6.45, 7) is 9.44. The Bertz CT molecular complexity index is 193. The van der Waals surface area contributed by atoms with Gasteiger partial charge in [0.2, 0.25) is 0 Å². The molecule has 1 saturated carbocycles. The molecule has 0 amide bonds. The lowest BCUT2D eigenvalue weighted by atomic mass is 9.94. The topological polar surface area (TPSA) is 47.3 Å². The minimum absolute atomic E-state index is 0.684. The Hall–Kier alpha value is -0.120. The summed E-state index contributed by atoms with van der Waals surface area (Å²) in [6.07, 6.45) is 6.35. The van der Waals surface area contributed by atoms with Gasteiger partial charge >= 0.3 is 0 Å². The average molecular weight is 256 g/mol. The van der Waals surface area contributed by atoms with Crippen molar-refractivity contribution in [2.24, 2.45) is 23.5 Å². The molecule has 18 heavy (non-hydrogen) atoms. The smallest absolute Gasteiger partial charge is 0.0494 e. The predicted molar refractivity (Wildman–Crippen MR) is 77.6 cm³/mol.